The predicted octanol–water partition coefficient (Wildman–Crippen LogP) is 2.82. The van der Waals surface area contributed by atoms with E-state index in [0.29, 0.717) is 18.9 Å². The highest BCUT2D eigenvalue weighted by Crippen LogP contribution is 2.29. The summed E-state index contributed by atoms with van der Waals surface area (Å²) in [7, 11) is 7.21. The molecule has 1 heterocycles. The number of rotatable bonds is 15. The van der Waals surface area contributed by atoms with E-state index in [9.17, 15) is 19.5 Å². The van der Waals surface area contributed by atoms with Crippen molar-refractivity contribution >= 4 is 17.8 Å². The third-order valence-electron chi connectivity index (χ3n) is 7.96. The van der Waals surface area contributed by atoms with Crippen LogP contribution in [0.15, 0.2) is 30.3 Å². The van der Waals surface area contributed by atoms with Crippen molar-refractivity contribution in [1.82, 2.24) is 15.1 Å². The first kappa shape index (κ1) is 31.7. The van der Waals surface area contributed by atoms with Gasteiger partial charge in [0.15, 0.2) is 0 Å². The molecule has 9 heteroatoms. The topological polar surface area (TPSA) is 108 Å². The van der Waals surface area contributed by atoms with Gasteiger partial charge in [-0.15, -0.1) is 0 Å². The van der Waals surface area contributed by atoms with Gasteiger partial charge in [-0.25, -0.2) is 4.79 Å². The first-order chi connectivity index (χ1) is 18.0. The molecule has 9 nitrogen and oxygen atoms in total. The summed E-state index contributed by atoms with van der Waals surface area (Å²) in [6.45, 7) is 6.63. The van der Waals surface area contributed by atoms with Crippen LogP contribution in [-0.2, 0) is 30.3 Å². The quantitative estimate of drug-likeness (QED) is 0.357. The van der Waals surface area contributed by atoms with Crippen LogP contribution in [0.1, 0.15) is 52.0 Å². The van der Waals surface area contributed by atoms with Gasteiger partial charge in [0, 0.05) is 33.2 Å². The molecule has 0 aliphatic carbocycles. The van der Waals surface area contributed by atoms with Crippen LogP contribution in [0.25, 0.3) is 0 Å². The van der Waals surface area contributed by atoms with E-state index in [1.807, 2.05) is 49.3 Å². The zero-order valence-electron chi connectivity index (χ0n) is 24.1. The van der Waals surface area contributed by atoms with Crippen molar-refractivity contribution in [3.63, 3.8) is 0 Å². The van der Waals surface area contributed by atoms with Crippen LogP contribution in [0.3, 0.4) is 0 Å². The second-order valence-electron chi connectivity index (χ2n) is 10.7. The molecule has 0 unspecified atom stereocenters. The Kier molecular flexibility index (Phi) is 12.7. The Hall–Kier alpha value is -2.49. The van der Waals surface area contributed by atoms with Crippen molar-refractivity contribution in [1.29, 1.82) is 0 Å². The fraction of sp³-hybridized carbons (Fsp3) is 0.690. The number of likely N-dealkylation sites (N-methyl/N-ethyl adjacent to an activating group) is 1. The monoisotopic (exact) mass is 533 g/mol. The molecule has 0 saturated carbocycles. The summed E-state index contributed by atoms with van der Waals surface area (Å²) in [6.07, 6.45) is 2.11. The van der Waals surface area contributed by atoms with Crippen LogP contribution >= 0.6 is 0 Å². The number of carbonyl (C=O) groups excluding carboxylic acids is 2. The molecule has 1 aliphatic heterocycles. The van der Waals surface area contributed by atoms with Gasteiger partial charge in [0.25, 0.3) is 0 Å². The Morgan fingerprint density at radius 3 is 2.32 bits per heavy atom. The maximum atomic E-state index is 13.5. The molecule has 1 aromatic carbocycles. The fourth-order valence-electron chi connectivity index (χ4n) is 5.72. The number of hydrogen-bond acceptors (Lipinski definition) is 6. The van der Waals surface area contributed by atoms with Gasteiger partial charge in [0.2, 0.25) is 11.8 Å². The molecule has 2 amide bonds. The normalized spacial score (nSPS) is 20.4. The van der Waals surface area contributed by atoms with Crippen LogP contribution in [0.2, 0.25) is 0 Å². The molecular weight excluding hydrogens is 486 g/mol. The van der Waals surface area contributed by atoms with Gasteiger partial charge in [-0.05, 0) is 38.4 Å². The second-order valence-corrected chi connectivity index (χ2v) is 10.7. The number of amides is 2. The Balaban J connectivity index is 2.13. The van der Waals surface area contributed by atoms with E-state index in [1.165, 1.54) is 7.11 Å². The zero-order chi connectivity index (χ0) is 28.4. The van der Waals surface area contributed by atoms with E-state index < -0.39 is 29.9 Å². The third-order valence-corrected chi connectivity index (χ3v) is 7.96. The lowest BCUT2D eigenvalue weighted by Crippen LogP contribution is -2.53. The molecule has 1 fully saturated rings. The van der Waals surface area contributed by atoms with Gasteiger partial charge < -0.3 is 29.7 Å². The fourth-order valence-corrected chi connectivity index (χ4v) is 5.72. The minimum atomic E-state index is -1.09. The molecule has 2 rings (SSSR count). The van der Waals surface area contributed by atoms with Gasteiger partial charge in [-0.1, -0.05) is 57.5 Å². The van der Waals surface area contributed by atoms with Crippen molar-refractivity contribution in [2.24, 2.45) is 11.8 Å². The summed E-state index contributed by atoms with van der Waals surface area (Å²) < 4.78 is 11.6. The Morgan fingerprint density at radius 1 is 1.13 bits per heavy atom. The maximum Gasteiger partial charge on any atom is 0.326 e. The number of benzene rings is 1. The number of nitrogens with zero attached hydrogens (tertiary/aromatic N) is 2. The number of carboxylic acids is 1. The Morgan fingerprint density at radius 2 is 1.79 bits per heavy atom. The summed E-state index contributed by atoms with van der Waals surface area (Å²) >= 11 is 0. The lowest BCUT2D eigenvalue weighted by molar-refractivity contribution is -0.145. The molecule has 1 aliphatic rings. The summed E-state index contributed by atoms with van der Waals surface area (Å²) in [4.78, 5) is 42.6. The molecule has 0 radical (unpaired) electrons. The average Bonchev–Trinajstić information content (AvgIpc) is 3.37. The minimum absolute atomic E-state index is 0.0170. The molecule has 214 valence electrons. The van der Waals surface area contributed by atoms with Gasteiger partial charge in [-0.3, -0.25) is 9.59 Å². The van der Waals surface area contributed by atoms with E-state index in [2.05, 4.69) is 24.1 Å². The lowest BCUT2D eigenvalue weighted by atomic mass is 9.90. The van der Waals surface area contributed by atoms with Crippen molar-refractivity contribution in [3.05, 3.63) is 35.9 Å². The second kappa shape index (κ2) is 15.2. The van der Waals surface area contributed by atoms with E-state index in [-0.39, 0.29) is 36.9 Å². The number of nitrogens with one attached hydrogen (secondary N) is 1. The van der Waals surface area contributed by atoms with E-state index in [4.69, 9.17) is 9.47 Å². The third kappa shape index (κ3) is 8.25. The molecule has 1 aromatic rings. The number of likely N-dealkylation sites (tertiary alicyclic amines) is 1. The molecule has 7 atom stereocenters. The van der Waals surface area contributed by atoms with E-state index >= 15 is 0 Å². The first-order valence-corrected chi connectivity index (χ1v) is 13.6. The molecule has 38 heavy (non-hydrogen) atoms. The van der Waals surface area contributed by atoms with Gasteiger partial charge in [0.1, 0.15) is 6.04 Å². The highest BCUT2D eigenvalue weighted by atomic mass is 16.5. The first-order valence-electron chi connectivity index (χ1n) is 13.6. The number of hydrogen-bond donors (Lipinski definition) is 2. The van der Waals surface area contributed by atoms with Crippen molar-refractivity contribution in [2.45, 2.75) is 83.2 Å². The summed E-state index contributed by atoms with van der Waals surface area (Å²) in [6, 6.07) is 7.96. The van der Waals surface area contributed by atoms with Crippen LogP contribution in [0.5, 0.6) is 0 Å². The number of carboxylic acid groups (broad SMARTS) is 1. The lowest BCUT2D eigenvalue weighted by Gasteiger charge is -2.38. The highest BCUT2D eigenvalue weighted by Gasteiger charge is 2.41. The molecule has 0 aromatic heterocycles. The molecule has 1 saturated heterocycles. The van der Waals surface area contributed by atoms with Crippen LogP contribution in [0, 0.1) is 11.8 Å². The maximum absolute atomic E-state index is 13.5. The van der Waals surface area contributed by atoms with Gasteiger partial charge in [0.05, 0.1) is 30.6 Å². The molecule has 0 bridgehead atoms. The van der Waals surface area contributed by atoms with Crippen molar-refractivity contribution in [2.75, 3.05) is 34.9 Å². The average molecular weight is 534 g/mol. The summed E-state index contributed by atoms with van der Waals surface area (Å²) in [5.41, 5.74) is 0.824. The summed E-state index contributed by atoms with van der Waals surface area (Å²) in [5.74, 6) is -1.81. The van der Waals surface area contributed by atoms with Crippen LogP contribution in [0.4, 0.5) is 0 Å². The Labute approximate surface area is 227 Å². The molecule has 2 N–H and O–H groups in total. The standard InChI is InChI=1S/C29H47N3O6/c1-8-19(2)26(31(4)5)24(37-6)18-25(33)32-16-12-15-23(32)27(38-7)20(3)28(34)30-22(29(35)36)17-21-13-10-9-11-14-21/h9-11,13-14,19-20,22-24,26-27H,8,12,15-18H2,1-7H3,(H,30,34)(H,35,36)/t19-,20+,22-,23-,24+,26-,27+/m0/s1. The van der Waals surface area contributed by atoms with E-state index in [0.717, 1.165) is 18.4 Å². The van der Waals surface area contributed by atoms with Crippen LogP contribution in [-0.4, -0.2) is 97.9 Å². The summed E-state index contributed by atoms with van der Waals surface area (Å²) in [5, 5.41) is 12.4. The SMILES string of the molecule is CC[C@H](C)[C@@H]([C@@H](CC(=O)N1CCC[C@H]1[C@H](OC)[C@@H](C)C(=O)N[C@@H](Cc1ccccc1)C(=O)O)OC)N(C)C. The number of ether oxygens (including phenoxy) is 2. The van der Waals surface area contributed by atoms with Crippen molar-refractivity contribution < 1.29 is 29.0 Å². The van der Waals surface area contributed by atoms with Gasteiger partial charge in [-0.2, -0.15) is 0 Å². The van der Waals surface area contributed by atoms with E-state index in [1.54, 1.807) is 14.0 Å². The Bertz CT molecular complexity index is 896. The largest absolute Gasteiger partial charge is 0.480 e. The molecular formula is C29H47N3O6. The predicted molar refractivity (Wildman–Crippen MR) is 147 cm³/mol. The van der Waals surface area contributed by atoms with Crippen LogP contribution < -0.4 is 5.32 Å². The number of methoxy groups -OCH3 is 2. The zero-order valence-corrected chi connectivity index (χ0v) is 24.1. The highest BCUT2D eigenvalue weighted by molar-refractivity contribution is 5.85. The smallest absolute Gasteiger partial charge is 0.326 e. The van der Waals surface area contributed by atoms with Crippen molar-refractivity contribution in [3.8, 4) is 0 Å². The van der Waals surface area contributed by atoms with Gasteiger partial charge >= 0.3 is 5.97 Å². The number of carbonyl (C=O) groups is 3. The molecule has 0 spiro atoms. The minimum Gasteiger partial charge on any atom is -0.480 e. The number of aliphatic carboxylic acids is 1.